The van der Waals surface area contributed by atoms with Crippen LogP contribution in [0.2, 0.25) is 0 Å². The van der Waals surface area contributed by atoms with Gasteiger partial charge >= 0.3 is 0 Å². The first-order valence-electron chi connectivity index (χ1n) is 5.90. The van der Waals surface area contributed by atoms with Crippen LogP contribution in [0.15, 0.2) is 24.3 Å². The van der Waals surface area contributed by atoms with Gasteiger partial charge in [-0.1, -0.05) is 51.0 Å². The van der Waals surface area contributed by atoms with E-state index in [1.54, 1.807) is 0 Å². The predicted molar refractivity (Wildman–Crippen MR) is 65.1 cm³/mol. The summed E-state index contributed by atoms with van der Waals surface area (Å²) >= 11 is 0. The second-order valence-corrected chi connectivity index (χ2v) is 4.22. The zero-order valence-electron chi connectivity index (χ0n) is 10.0. The maximum Gasteiger partial charge on any atom is 0.0502 e. The van der Waals surface area contributed by atoms with Gasteiger partial charge in [0.15, 0.2) is 0 Å². The number of aryl methyl sites for hydroxylation is 1. The van der Waals surface area contributed by atoms with E-state index in [1.807, 2.05) is 0 Å². The molecule has 0 bridgehead atoms. The maximum absolute atomic E-state index is 9.54. The first kappa shape index (κ1) is 12.3. The summed E-state index contributed by atoms with van der Waals surface area (Å²) in [6.07, 6.45) is 2.27. The molecule has 0 aliphatic carbocycles. The van der Waals surface area contributed by atoms with Crippen LogP contribution in [-0.4, -0.2) is 11.7 Å². The van der Waals surface area contributed by atoms with Gasteiger partial charge in [-0.05, 0) is 24.0 Å². The van der Waals surface area contributed by atoms with E-state index in [0.29, 0.717) is 11.8 Å². The minimum atomic E-state index is 0.261. The molecule has 84 valence electrons. The van der Waals surface area contributed by atoms with Crippen molar-refractivity contribution < 1.29 is 5.11 Å². The standard InChI is InChI=1S/C14H22O/c1-4-12(5-2)14(10-15)13-9-7-6-8-11(13)3/h6-9,12,14-15H,4-5,10H2,1-3H3. The highest BCUT2D eigenvalue weighted by molar-refractivity contribution is 5.29. The lowest BCUT2D eigenvalue weighted by Gasteiger charge is -2.25. The SMILES string of the molecule is CCC(CC)C(CO)c1ccccc1C. The Morgan fingerprint density at radius 1 is 1.13 bits per heavy atom. The first-order chi connectivity index (χ1) is 7.24. The lowest BCUT2D eigenvalue weighted by Crippen LogP contribution is -2.16. The summed E-state index contributed by atoms with van der Waals surface area (Å²) in [5.41, 5.74) is 2.61. The molecule has 15 heavy (non-hydrogen) atoms. The molecule has 0 saturated carbocycles. The van der Waals surface area contributed by atoms with E-state index in [-0.39, 0.29) is 6.61 Å². The molecule has 0 spiro atoms. The fourth-order valence-electron chi connectivity index (χ4n) is 2.36. The second-order valence-electron chi connectivity index (χ2n) is 4.22. The van der Waals surface area contributed by atoms with E-state index in [4.69, 9.17) is 0 Å². The van der Waals surface area contributed by atoms with Crippen LogP contribution < -0.4 is 0 Å². The number of hydrogen-bond donors (Lipinski definition) is 1. The monoisotopic (exact) mass is 206 g/mol. The van der Waals surface area contributed by atoms with Crippen LogP contribution in [0.4, 0.5) is 0 Å². The zero-order chi connectivity index (χ0) is 11.3. The summed E-state index contributed by atoms with van der Waals surface area (Å²) in [6.45, 7) is 6.79. The van der Waals surface area contributed by atoms with Crippen molar-refractivity contribution in [3.05, 3.63) is 35.4 Å². The Bertz CT molecular complexity index is 289. The molecule has 0 amide bonds. The minimum absolute atomic E-state index is 0.261. The molecule has 0 aliphatic rings. The topological polar surface area (TPSA) is 20.2 Å². The van der Waals surface area contributed by atoms with Gasteiger partial charge in [0.1, 0.15) is 0 Å². The average molecular weight is 206 g/mol. The zero-order valence-corrected chi connectivity index (χ0v) is 10.0. The van der Waals surface area contributed by atoms with Crippen molar-refractivity contribution in [2.75, 3.05) is 6.61 Å². The quantitative estimate of drug-likeness (QED) is 0.781. The summed E-state index contributed by atoms with van der Waals surface area (Å²) in [5.74, 6) is 0.900. The number of aliphatic hydroxyl groups excluding tert-OH is 1. The van der Waals surface area contributed by atoms with E-state index in [2.05, 4.69) is 45.0 Å². The summed E-state index contributed by atoms with van der Waals surface area (Å²) in [7, 11) is 0. The van der Waals surface area contributed by atoms with Crippen molar-refractivity contribution in [1.82, 2.24) is 0 Å². The van der Waals surface area contributed by atoms with Crippen molar-refractivity contribution in [2.45, 2.75) is 39.5 Å². The van der Waals surface area contributed by atoms with Gasteiger partial charge in [0.2, 0.25) is 0 Å². The molecule has 1 aromatic rings. The first-order valence-corrected chi connectivity index (χ1v) is 5.90. The molecule has 1 nitrogen and oxygen atoms in total. The van der Waals surface area contributed by atoms with E-state index in [0.717, 1.165) is 12.8 Å². The van der Waals surface area contributed by atoms with Crippen LogP contribution in [0, 0.1) is 12.8 Å². The van der Waals surface area contributed by atoms with Gasteiger partial charge in [-0.3, -0.25) is 0 Å². The van der Waals surface area contributed by atoms with Gasteiger partial charge in [0.05, 0.1) is 6.61 Å². The molecule has 1 heteroatoms. The molecule has 1 N–H and O–H groups in total. The van der Waals surface area contributed by atoms with Crippen molar-refractivity contribution in [3.63, 3.8) is 0 Å². The van der Waals surface area contributed by atoms with E-state index < -0.39 is 0 Å². The Morgan fingerprint density at radius 2 is 1.73 bits per heavy atom. The summed E-state index contributed by atoms with van der Waals surface area (Å²) in [4.78, 5) is 0. The molecule has 1 unspecified atom stereocenters. The molecule has 0 fully saturated rings. The highest BCUT2D eigenvalue weighted by atomic mass is 16.3. The third-order valence-corrected chi connectivity index (χ3v) is 3.40. The van der Waals surface area contributed by atoms with Crippen molar-refractivity contribution in [1.29, 1.82) is 0 Å². The molecule has 1 atom stereocenters. The Hall–Kier alpha value is -0.820. The minimum Gasteiger partial charge on any atom is -0.396 e. The van der Waals surface area contributed by atoms with Crippen LogP contribution >= 0.6 is 0 Å². The van der Waals surface area contributed by atoms with Crippen LogP contribution in [0.25, 0.3) is 0 Å². The van der Waals surface area contributed by atoms with E-state index in [9.17, 15) is 5.11 Å². The number of rotatable bonds is 5. The maximum atomic E-state index is 9.54. The van der Waals surface area contributed by atoms with Gasteiger partial charge < -0.3 is 5.11 Å². The van der Waals surface area contributed by atoms with Gasteiger partial charge in [0.25, 0.3) is 0 Å². The molecular formula is C14H22O. The average Bonchev–Trinajstić information content (AvgIpc) is 2.27. The molecular weight excluding hydrogens is 184 g/mol. The van der Waals surface area contributed by atoms with Gasteiger partial charge in [-0.2, -0.15) is 0 Å². The predicted octanol–water partition coefficient (Wildman–Crippen LogP) is 3.51. The molecule has 1 aromatic carbocycles. The molecule has 0 radical (unpaired) electrons. The Balaban J connectivity index is 2.96. The molecule has 0 heterocycles. The molecule has 0 aromatic heterocycles. The van der Waals surface area contributed by atoms with Gasteiger partial charge in [0, 0.05) is 5.92 Å². The van der Waals surface area contributed by atoms with Crippen LogP contribution in [0.1, 0.15) is 43.7 Å². The van der Waals surface area contributed by atoms with E-state index in [1.165, 1.54) is 11.1 Å². The van der Waals surface area contributed by atoms with Gasteiger partial charge in [-0.25, -0.2) is 0 Å². The van der Waals surface area contributed by atoms with Crippen LogP contribution in [0.5, 0.6) is 0 Å². The lowest BCUT2D eigenvalue weighted by atomic mass is 9.81. The highest BCUT2D eigenvalue weighted by Gasteiger charge is 2.20. The highest BCUT2D eigenvalue weighted by Crippen LogP contribution is 2.30. The molecule has 1 rings (SSSR count). The lowest BCUT2D eigenvalue weighted by molar-refractivity contribution is 0.218. The number of hydrogen-bond acceptors (Lipinski definition) is 1. The number of aliphatic hydroxyl groups is 1. The van der Waals surface area contributed by atoms with E-state index >= 15 is 0 Å². The van der Waals surface area contributed by atoms with Crippen molar-refractivity contribution in [2.24, 2.45) is 5.92 Å². The fraction of sp³-hybridized carbons (Fsp3) is 0.571. The summed E-state index contributed by atoms with van der Waals surface area (Å²) in [5, 5.41) is 9.54. The third-order valence-electron chi connectivity index (χ3n) is 3.40. The summed E-state index contributed by atoms with van der Waals surface area (Å²) in [6, 6.07) is 8.39. The Kier molecular flexibility index (Phi) is 4.83. The Labute approximate surface area is 93.1 Å². The molecule has 0 aliphatic heterocycles. The van der Waals surface area contributed by atoms with Crippen molar-refractivity contribution >= 4 is 0 Å². The van der Waals surface area contributed by atoms with Crippen molar-refractivity contribution in [3.8, 4) is 0 Å². The second kappa shape index (κ2) is 5.92. The van der Waals surface area contributed by atoms with Crippen LogP contribution in [-0.2, 0) is 0 Å². The Morgan fingerprint density at radius 3 is 2.20 bits per heavy atom. The van der Waals surface area contributed by atoms with Crippen LogP contribution in [0.3, 0.4) is 0 Å². The third kappa shape index (κ3) is 2.82. The fourth-order valence-corrected chi connectivity index (χ4v) is 2.36. The molecule has 0 saturated heterocycles. The largest absolute Gasteiger partial charge is 0.396 e. The normalized spacial score (nSPS) is 13.1. The van der Waals surface area contributed by atoms with Gasteiger partial charge in [-0.15, -0.1) is 0 Å². The number of benzene rings is 1. The smallest absolute Gasteiger partial charge is 0.0502 e. The summed E-state index contributed by atoms with van der Waals surface area (Å²) < 4.78 is 0.